The molecule has 2 N–H and O–H groups in total. The molecule has 36 heavy (non-hydrogen) atoms. The molecule has 2 heterocycles. The van der Waals surface area contributed by atoms with E-state index in [1.165, 1.54) is 6.20 Å². The molecule has 0 spiro atoms. The number of aromatic amines is 1. The van der Waals surface area contributed by atoms with Crippen molar-refractivity contribution in [3.63, 3.8) is 0 Å². The maximum absolute atomic E-state index is 15.4. The summed E-state index contributed by atoms with van der Waals surface area (Å²) in [5.41, 5.74) is 0.568. The van der Waals surface area contributed by atoms with Crippen LogP contribution in [0.5, 0.6) is 0 Å². The number of rotatable bonds is 6. The molecule has 0 atom stereocenters. The summed E-state index contributed by atoms with van der Waals surface area (Å²) in [6.45, 7) is 0. The predicted molar refractivity (Wildman–Crippen MR) is 136 cm³/mol. The molecule has 2 aromatic heterocycles. The topological polar surface area (TPSA) is 91.9 Å². The number of carbonyl (C=O) groups excluding carboxylic acids is 1. The summed E-state index contributed by atoms with van der Waals surface area (Å²) < 4.78 is 58.0. The van der Waals surface area contributed by atoms with Gasteiger partial charge in [0, 0.05) is 33.9 Å². The van der Waals surface area contributed by atoms with Crippen molar-refractivity contribution >= 4 is 44.1 Å². The quantitative estimate of drug-likeness (QED) is 0.280. The predicted octanol–water partition coefficient (Wildman–Crippen LogP) is 6.47. The molecule has 5 rings (SSSR count). The third-order valence-corrected chi connectivity index (χ3v) is 8.62. The van der Waals surface area contributed by atoms with Gasteiger partial charge in [0.2, 0.25) is 15.8 Å². The lowest BCUT2D eigenvalue weighted by molar-refractivity contribution is 0.103. The summed E-state index contributed by atoms with van der Waals surface area (Å²) in [6, 6.07) is 10.6. The Bertz CT molecular complexity index is 1560. The average molecular weight is 530 g/mol. The molecule has 6 nitrogen and oxygen atoms in total. The zero-order valence-electron chi connectivity index (χ0n) is 19.0. The molecule has 10 heteroatoms. The van der Waals surface area contributed by atoms with Crippen molar-refractivity contribution in [2.24, 2.45) is 0 Å². The van der Waals surface area contributed by atoms with Gasteiger partial charge < -0.3 is 4.98 Å². The van der Waals surface area contributed by atoms with Crippen molar-refractivity contribution < 1.29 is 22.0 Å². The van der Waals surface area contributed by atoms with Crippen LogP contribution in [-0.2, 0) is 10.0 Å². The summed E-state index contributed by atoms with van der Waals surface area (Å²) in [6.07, 6.45) is 6.39. The SMILES string of the molecule is O=C(c1c(F)ccc(NS(=O)(=O)C2CCCCC2)c1F)c1c[nH]c2ncc(-c3ccc(Cl)cc3)cc12. The third kappa shape index (κ3) is 4.60. The Balaban J connectivity index is 1.52. The normalized spacial score (nSPS) is 14.8. The molecule has 0 saturated heterocycles. The van der Waals surface area contributed by atoms with E-state index in [0.29, 0.717) is 34.5 Å². The fraction of sp³-hybridized carbons (Fsp3) is 0.231. The second kappa shape index (κ2) is 9.63. The van der Waals surface area contributed by atoms with Crippen molar-refractivity contribution in [2.75, 3.05) is 4.72 Å². The lowest BCUT2D eigenvalue weighted by atomic mass is 10.00. The largest absolute Gasteiger partial charge is 0.345 e. The number of anilines is 1. The number of aromatic nitrogens is 2. The van der Waals surface area contributed by atoms with Crippen LogP contribution in [0.2, 0.25) is 5.02 Å². The van der Waals surface area contributed by atoms with Gasteiger partial charge in [0.25, 0.3) is 0 Å². The Hall–Kier alpha value is -3.30. The number of pyridine rings is 1. The minimum atomic E-state index is -3.89. The van der Waals surface area contributed by atoms with E-state index in [9.17, 15) is 17.6 Å². The molecule has 2 aromatic carbocycles. The van der Waals surface area contributed by atoms with Gasteiger partial charge in [-0.2, -0.15) is 0 Å². The number of hydrogen-bond donors (Lipinski definition) is 2. The fourth-order valence-corrected chi connectivity index (χ4v) is 6.29. The number of benzene rings is 2. The van der Waals surface area contributed by atoms with Gasteiger partial charge in [-0.1, -0.05) is 43.0 Å². The number of hydrogen-bond acceptors (Lipinski definition) is 4. The van der Waals surface area contributed by atoms with E-state index in [1.54, 1.807) is 36.5 Å². The molecule has 186 valence electrons. The number of fused-ring (bicyclic) bond motifs is 1. The van der Waals surface area contributed by atoms with Gasteiger partial charge in [-0.05, 0) is 48.7 Å². The van der Waals surface area contributed by atoms with E-state index in [0.717, 1.165) is 37.0 Å². The highest BCUT2D eigenvalue weighted by Crippen LogP contribution is 2.31. The van der Waals surface area contributed by atoms with Crippen LogP contribution >= 0.6 is 11.6 Å². The van der Waals surface area contributed by atoms with Gasteiger partial charge in [-0.25, -0.2) is 22.2 Å². The fourth-order valence-electron chi connectivity index (χ4n) is 4.58. The van der Waals surface area contributed by atoms with E-state index >= 15 is 4.39 Å². The number of halogens is 3. The van der Waals surface area contributed by atoms with Gasteiger partial charge in [-0.15, -0.1) is 0 Å². The zero-order valence-corrected chi connectivity index (χ0v) is 20.6. The molecular formula is C26H22ClF2N3O3S. The van der Waals surface area contributed by atoms with E-state index in [1.807, 2.05) is 0 Å². The van der Waals surface area contributed by atoms with Gasteiger partial charge in [0.05, 0.1) is 16.5 Å². The summed E-state index contributed by atoms with van der Waals surface area (Å²) in [5.74, 6) is -3.27. The number of nitrogens with zero attached hydrogens (tertiary/aromatic N) is 1. The molecule has 0 unspecified atom stereocenters. The van der Waals surface area contributed by atoms with Gasteiger partial charge in [0.15, 0.2) is 5.82 Å². The first-order chi connectivity index (χ1) is 17.2. The number of ketones is 1. The zero-order chi connectivity index (χ0) is 25.4. The molecule has 0 amide bonds. The first-order valence-electron chi connectivity index (χ1n) is 11.5. The Morgan fingerprint density at radius 2 is 1.75 bits per heavy atom. The van der Waals surface area contributed by atoms with Crippen LogP contribution in [0.15, 0.2) is 54.9 Å². The molecule has 0 bridgehead atoms. The molecule has 1 fully saturated rings. The second-order valence-corrected chi connectivity index (χ2v) is 11.2. The minimum absolute atomic E-state index is 0.0124. The van der Waals surface area contributed by atoms with Crippen LogP contribution in [0.4, 0.5) is 14.5 Å². The van der Waals surface area contributed by atoms with E-state index in [2.05, 4.69) is 14.7 Å². The molecule has 0 radical (unpaired) electrons. The maximum atomic E-state index is 15.4. The number of H-pyrrole nitrogens is 1. The minimum Gasteiger partial charge on any atom is -0.345 e. The first-order valence-corrected chi connectivity index (χ1v) is 13.4. The number of nitrogens with one attached hydrogen (secondary N) is 2. The van der Waals surface area contributed by atoms with Crippen molar-refractivity contribution in [3.05, 3.63) is 82.6 Å². The monoisotopic (exact) mass is 529 g/mol. The number of sulfonamides is 1. The van der Waals surface area contributed by atoms with E-state index in [4.69, 9.17) is 11.6 Å². The molecule has 1 aliphatic carbocycles. The summed E-state index contributed by atoms with van der Waals surface area (Å²) >= 11 is 5.96. The van der Waals surface area contributed by atoms with E-state index in [-0.39, 0.29) is 5.56 Å². The smallest absolute Gasteiger partial charge is 0.235 e. The lowest BCUT2D eigenvalue weighted by Crippen LogP contribution is -2.30. The molecule has 1 saturated carbocycles. The number of carbonyl (C=O) groups is 1. The Morgan fingerprint density at radius 3 is 2.47 bits per heavy atom. The maximum Gasteiger partial charge on any atom is 0.235 e. The Labute approximate surface area is 211 Å². The third-order valence-electron chi connectivity index (χ3n) is 6.51. The van der Waals surface area contributed by atoms with Gasteiger partial charge in [-0.3, -0.25) is 9.52 Å². The van der Waals surface area contributed by atoms with Crippen molar-refractivity contribution in [3.8, 4) is 11.1 Å². The van der Waals surface area contributed by atoms with Crippen molar-refractivity contribution in [1.82, 2.24) is 9.97 Å². The van der Waals surface area contributed by atoms with Crippen LogP contribution in [0.25, 0.3) is 22.2 Å². The summed E-state index contributed by atoms with van der Waals surface area (Å²) in [5, 5.41) is 0.288. The van der Waals surface area contributed by atoms with Crippen molar-refractivity contribution in [2.45, 2.75) is 37.4 Å². The summed E-state index contributed by atoms with van der Waals surface area (Å²) in [4.78, 5) is 20.5. The van der Waals surface area contributed by atoms with Crippen LogP contribution in [-0.4, -0.2) is 29.4 Å². The first kappa shape index (κ1) is 24.4. The highest BCUT2D eigenvalue weighted by atomic mass is 35.5. The lowest BCUT2D eigenvalue weighted by Gasteiger charge is -2.22. The van der Waals surface area contributed by atoms with Crippen molar-refractivity contribution in [1.29, 1.82) is 0 Å². The van der Waals surface area contributed by atoms with Crippen LogP contribution in [0, 0.1) is 11.6 Å². The van der Waals surface area contributed by atoms with E-state index < -0.39 is 43.9 Å². The highest BCUT2D eigenvalue weighted by molar-refractivity contribution is 7.93. The summed E-state index contributed by atoms with van der Waals surface area (Å²) in [7, 11) is -3.89. The Kier molecular flexibility index (Phi) is 6.53. The molecule has 4 aromatic rings. The Morgan fingerprint density at radius 1 is 1.03 bits per heavy atom. The van der Waals surface area contributed by atoms with Gasteiger partial charge >= 0.3 is 0 Å². The van der Waals surface area contributed by atoms with Gasteiger partial charge in [0.1, 0.15) is 11.5 Å². The standard InChI is InChI=1S/C26H22ClF2N3O3S/c27-17-8-6-15(7-9-17)16-12-19-20(14-31-26(19)30-13-16)25(33)23-21(28)10-11-22(24(23)29)32-36(34,35)18-4-2-1-3-5-18/h6-14,18,32H,1-5H2,(H,30,31). The molecular weight excluding hydrogens is 508 g/mol. The molecule has 1 aliphatic rings. The molecule has 0 aliphatic heterocycles. The second-order valence-electron chi connectivity index (χ2n) is 8.85. The highest BCUT2D eigenvalue weighted by Gasteiger charge is 2.30. The van der Waals surface area contributed by atoms with Crippen LogP contribution in [0.1, 0.15) is 48.0 Å². The average Bonchev–Trinajstić information content (AvgIpc) is 3.30. The van der Waals surface area contributed by atoms with Crippen LogP contribution in [0.3, 0.4) is 0 Å². The van der Waals surface area contributed by atoms with Crippen LogP contribution < -0.4 is 4.72 Å².